The molecule has 2 unspecified atom stereocenters. The van der Waals surface area contributed by atoms with Gasteiger partial charge in [0.05, 0.1) is 11.9 Å². The lowest BCUT2D eigenvalue weighted by atomic mass is 10.0. The summed E-state index contributed by atoms with van der Waals surface area (Å²) in [5.41, 5.74) is 1.65. The predicted molar refractivity (Wildman–Crippen MR) is 152 cm³/mol. The number of halogens is 2. The first-order chi connectivity index (χ1) is 18.5. The first kappa shape index (κ1) is 30.1. The Morgan fingerprint density at radius 3 is 2.21 bits per heavy atom. The topological polar surface area (TPSA) is 86.8 Å². The molecule has 0 aromatic heterocycles. The summed E-state index contributed by atoms with van der Waals surface area (Å²) < 4.78 is 39.9. The van der Waals surface area contributed by atoms with Crippen LogP contribution in [0.4, 0.5) is 10.1 Å². The highest BCUT2D eigenvalue weighted by atomic mass is 35.5. The van der Waals surface area contributed by atoms with Gasteiger partial charge >= 0.3 is 0 Å². The van der Waals surface area contributed by atoms with Gasteiger partial charge in [-0.05, 0) is 60.9 Å². The van der Waals surface area contributed by atoms with Crippen LogP contribution in [0.3, 0.4) is 0 Å². The molecule has 3 rings (SSSR count). The Kier molecular flexibility index (Phi) is 10.5. The maximum absolute atomic E-state index is 14.0. The molecule has 0 aliphatic rings. The molecule has 0 fully saturated rings. The highest BCUT2D eigenvalue weighted by Crippen LogP contribution is 2.21. The number of rotatable bonds is 12. The number of carbonyl (C=O) groups is 2. The zero-order valence-electron chi connectivity index (χ0n) is 22.2. The standard InChI is InChI=1S/C29H33ClFN3O4S/c1-4-21(2)32-29(36)27(18-22-9-6-5-7-10-22)33(19-23-11-8-12-24(30)17-23)28(35)20-34(39(3,37)38)26-15-13-25(31)14-16-26/h5-17,21,27H,4,18-20H2,1-3H3,(H,32,36). The van der Waals surface area contributed by atoms with Crippen molar-refractivity contribution in [3.63, 3.8) is 0 Å². The minimum Gasteiger partial charge on any atom is -0.352 e. The van der Waals surface area contributed by atoms with Crippen molar-refractivity contribution in [2.24, 2.45) is 0 Å². The van der Waals surface area contributed by atoms with Crippen molar-refractivity contribution in [2.45, 2.75) is 45.3 Å². The van der Waals surface area contributed by atoms with Crippen molar-refractivity contribution >= 4 is 39.1 Å². The largest absolute Gasteiger partial charge is 0.352 e. The number of nitrogens with one attached hydrogen (secondary N) is 1. The second kappa shape index (κ2) is 13.6. The summed E-state index contributed by atoms with van der Waals surface area (Å²) in [4.78, 5) is 28.9. The molecule has 0 radical (unpaired) electrons. The van der Waals surface area contributed by atoms with Gasteiger partial charge in [-0.25, -0.2) is 12.8 Å². The van der Waals surface area contributed by atoms with Crippen molar-refractivity contribution in [1.29, 1.82) is 0 Å². The monoisotopic (exact) mass is 573 g/mol. The van der Waals surface area contributed by atoms with Gasteiger partial charge in [-0.15, -0.1) is 0 Å². The van der Waals surface area contributed by atoms with Crippen molar-refractivity contribution in [1.82, 2.24) is 10.2 Å². The van der Waals surface area contributed by atoms with Crippen LogP contribution in [-0.2, 0) is 32.6 Å². The molecule has 0 bridgehead atoms. The van der Waals surface area contributed by atoms with Crippen LogP contribution in [-0.4, -0.2) is 50.0 Å². The summed E-state index contributed by atoms with van der Waals surface area (Å²) in [7, 11) is -3.93. The summed E-state index contributed by atoms with van der Waals surface area (Å²) in [5.74, 6) is -1.48. The Bertz CT molecular complexity index is 1370. The predicted octanol–water partition coefficient (Wildman–Crippen LogP) is 4.80. The summed E-state index contributed by atoms with van der Waals surface area (Å²) in [6, 6.07) is 20.0. The quantitative estimate of drug-likeness (QED) is 0.337. The van der Waals surface area contributed by atoms with Crippen LogP contribution in [0.25, 0.3) is 0 Å². The van der Waals surface area contributed by atoms with Gasteiger partial charge in [0.25, 0.3) is 0 Å². The van der Waals surface area contributed by atoms with Crippen molar-refractivity contribution in [3.05, 3.63) is 101 Å². The molecule has 0 saturated carbocycles. The first-order valence-corrected chi connectivity index (χ1v) is 14.8. The molecule has 0 heterocycles. The number of benzene rings is 3. The molecule has 10 heteroatoms. The molecular weight excluding hydrogens is 541 g/mol. The smallest absolute Gasteiger partial charge is 0.244 e. The molecule has 1 N–H and O–H groups in total. The van der Waals surface area contributed by atoms with Crippen LogP contribution < -0.4 is 9.62 Å². The van der Waals surface area contributed by atoms with E-state index < -0.39 is 34.3 Å². The average molecular weight is 574 g/mol. The van der Waals surface area contributed by atoms with E-state index in [0.29, 0.717) is 17.0 Å². The zero-order valence-corrected chi connectivity index (χ0v) is 23.8. The normalized spacial score (nSPS) is 12.8. The third kappa shape index (κ3) is 8.80. The first-order valence-electron chi connectivity index (χ1n) is 12.6. The molecule has 0 aliphatic heterocycles. The Balaban J connectivity index is 2.05. The Hall–Kier alpha value is -3.43. The zero-order chi connectivity index (χ0) is 28.6. The Morgan fingerprint density at radius 1 is 0.974 bits per heavy atom. The summed E-state index contributed by atoms with van der Waals surface area (Å²) in [5, 5.41) is 3.44. The highest BCUT2D eigenvalue weighted by Gasteiger charge is 2.33. The molecule has 39 heavy (non-hydrogen) atoms. The SMILES string of the molecule is CCC(C)NC(=O)C(Cc1ccccc1)N(Cc1cccc(Cl)c1)C(=O)CN(c1ccc(F)cc1)S(C)(=O)=O. The lowest BCUT2D eigenvalue weighted by Crippen LogP contribution is -2.54. The second-order valence-electron chi connectivity index (χ2n) is 9.42. The van der Waals surface area contributed by atoms with Crippen LogP contribution >= 0.6 is 11.6 Å². The van der Waals surface area contributed by atoms with Gasteiger partial charge in [0.2, 0.25) is 21.8 Å². The molecule has 3 aromatic carbocycles. The van der Waals surface area contributed by atoms with Gasteiger partial charge in [-0.3, -0.25) is 13.9 Å². The third-order valence-electron chi connectivity index (χ3n) is 6.31. The van der Waals surface area contributed by atoms with Crippen LogP contribution in [0.5, 0.6) is 0 Å². The maximum atomic E-state index is 14.0. The van der Waals surface area contributed by atoms with Gasteiger partial charge in [0.15, 0.2) is 0 Å². The number of hydrogen-bond donors (Lipinski definition) is 1. The summed E-state index contributed by atoms with van der Waals surface area (Å²) in [6.45, 7) is 3.26. The van der Waals surface area contributed by atoms with Crippen molar-refractivity contribution < 1.29 is 22.4 Å². The summed E-state index contributed by atoms with van der Waals surface area (Å²) in [6.07, 6.45) is 1.88. The Morgan fingerprint density at radius 2 is 1.62 bits per heavy atom. The van der Waals surface area contributed by atoms with Crippen LogP contribution in [0.2, 0.25) is 5.02 Å². The van der Waals surface area contributed by atoms with Gasteiger partial charge in [0.1, 0.15) is 18.4 Å². The van der Waals surface area contributed by atoms with E-state index in [1.807, 2.05) is 44.2 Å². The maximum Gasteiger partial charge on any atom is 0.244 e. The molecular formula is C29H33ClFN3O4S. The van der Waals surface area contributed by atoms with Gasteiger partial charge in [-0.2, -0.15) is 0 Å². The van der Waals surface area contributed by atoms with Crippen LogP contribution in [0.15, 0.2) is 78.9 Å². The summed E-state index contributed by atoms with van der Waals surface area (Å²) >= 11 is 6.20. The molecule has 208 valence electrons. The fourth-order valence-corrected chi connectivity index (χ4v) is 5.11. The number of amides is 2. The van der Waals surface area contributed by atoms with E-state index in [-0.39, 0.29) is 30.6 Å². The number of hydrogen-bond acceptors (Lipinski definition) is 4. The molecule has 3 aromatic rings. The van der Waals surface area contributed by atoms with E-state index in [1.54, 1.807) is 24.3 Å². The molecule has 0 spiro atoms. The lowest BCUT2D eigenvalue weighted by Gasteiger charge is -2.34. The van der Waals surface area contributed by atoms with Crippen molar-refractivity contribution in [3.8, 4) is 0 Å². The van der Waals surface area contributed by atoms with E-state index in [1.165, 1.54) is 17.0 Å². The van der Waals surface area contributed by atoms with Crippen LogP contribution in [0.1, 0.15) is 31.4 Å². The van der Waals surface area contributed by atoms with Gasteiger partial charge < -0.3 is 10.2 Å². The minimum atomic E-state index is -3.93. The Labute approximate surface area is 234 Å². The second-order valence-corrected chi connectivity index (χ2v) is 11.8. The number of anilines is 1. The van der Waals surface area contributed by atoms with E-state index in [0.717, 1.165) is 28.3 Å². The fourth-order valence-electron chi connectivity index (χ4n) is 4.05. The van der Waals surface area contributed by atoms with E-state index in [9.17, 15) is 22.4 Å². The van der Waals surface area contributed by atoms with E-state index >= 15 is 0 Å². The van der Waals surface area contributed by atoms with Crippen LogP contribution in [0, 0.1) is 5.82 Å². The van der Waals surface area contributed by atoms with E-state index in [2.05, 4.69) is 5.32 Å². The van der Waals surface area contributed by atoms with Crippen molar-refractivity contribution in [2.75, 3.05) is 17.1 Å². The third-order valence-corrected chi connectivity index (χ3v) is 7.68. The number of carbonyl (C=O) groups excluding carboxylic acids is 2. The number of nitrogens with zero attached hydrogens (tertiary/aromatic N) is 2. The molecule has 2 atom stereocenters. The average Bonchev–Trinajstić information content (AvgIpc) is 2.89. The lowest BCUT2D eigenvalue weighted by molar-refractivity contribution is -0.140. The number of sulfonamides is 1. The minimum absolute atomic E-state index is 0.0197. The molecule has 2 amide bonds. The van der Waals surface area contributed by atoms with Gasteiger partial charge in [0, 0.05) is 24.0 Å². The van der Waals surface area contributed by atoms with Gasteiger partial charge in [-0.1, -0.05) is 61.0 Å². The fraction of sp³-hybridized carbons (Fsp3) is 0.310. The molecule has 0 aliphatic carbocycles. The van der Waals surface area contributed by atoms with E-state index in [4.69, 9.17) is 11.6 Å². The molecule has 7 nitrogen and oxygen atoms in total. The molecule has 0 saturated heterocycles. The highest BCUT2D eigenvalue weighted by molar-refractivity contribution is 7.92.